The Bertz CT molecular complexity index is 981. The third-order valence-corrected chi connectivity index (χ3v) is 5.38. The Kier molecular flexibility index (Phi) is 8.49. The summed E-state index contributed by atoms with van der Waals surface area (Å²) in [7, 11) is 0. The number of nitrogens with zero attached hydrogens (tertiary/aromatic N) is 1. The van der Waals surface area contributed by atoms with Crippen LogP contribution in [0.2, 0.25) is 0 Å². The summed E-state index contributed by atoms with van der Waals surface area (Å²) in [4.78, 5) is 27.5. The number of ether oxygens (including phenoxy) is 3. The highest BCUT2D eigenvalue weighted by atomic mass is 16.5. The number of likely N-dealkylation sites (tertiary alicyclic amines) is 1. The van der Waals surface area contributed by atoms with Crippen LogP contribution < -0.4 is 9.47 Å². The molecular weight excluding hydrogens is 422 g/mol. The second-order valence-corrected chi connectivity index (χ2v) is 7.50. The molecule has 0 spiro atoms. The molecule has 3 rings (SSSR count). The molecule has 1 atom stereocenters. The van der Waals surface area contributed by atoms with Gasteiger partial charge in [-0.1, -0.05) is 12.1 Å². The minimum Gasteiger partial charge on any atom is -0.507 e. The number of carbonyl (C=O) groups is 2. The van der Waals surface area contributed by atoms with Crippen molar-refractivity contribution in [2.24, 2.45) is 0 Å². The molecular formula is C26H31NO6. The van der Waals surface area contributed by atoms with Gasteiger partial charge in [0.15, 0.2) is 0 Å². The average molecular weight is 454 g/mol. The fourth-order valence-electron chi connectivity index (χ4n) is 3.88. The molecule has 1 unspecified atom stereocenters. The van der Waals surface area contributed by atoms with Crippen molar-refractivity contribution in [2.45, 2.75) is 33.2 Å². The van der Waals surface area contributed by atoms with Crippen LogP contribution in [0, 0.1) is 0 Å². The molecule has 0 aliphatic carbocycles. The van der Waals surface area contributed by atoms with Crippen molar-refractivity contribution in [2.75, 3.05) is 33.0 Å². The molecule has 1 saturated heterocycles. The molecule has 1 aliphatic heterocycles. The van der Waals surface area contributed by atoms with E-state index < -0.39 is 17.7 Å². The third kappa shape index (κ3) is 5.54. The first kappa shape index (κ1) is 24.3. The molecule has 1 aliphatic rings. The maximum Gasteiger partial charge on any atom is 0.295 e. The van der Waals surface area contributed by atoms with Crippen LogP contribution in [0.3, 0.4) is 0 Å². The van der Waals surface area contributed by atoms with E-state index in [4.69, 9.17) is 14.2 Å². The lowest BCUT2D eigenvalue weighted by atomic mass is 9.95. The van der Waals surface area contributed by atoms with Gasteiger partial charge in [0, 0.05) is 25.3 Å². The van der Waals surface area contributed by atoms with Crippen LogP contribution in [0.25, 0.3) is 5.76 Å². The molecule has 7 heteroatoms. The van der Waals surface area contributed by atoms with Crippen molar-refractivity contribution in [3.63, 3.8) is 0 Å². The zero-order chi connectivity index (χ0) is 23.8. The highest BCUT2D eigenvalue weighted by Crippen LogP contribution is 2.40. The third-order valence-electron chi connectivity index (χ3n) is 5.38. The van der Waals surface area contributed by atoms with E-state index in [0.29, 0.717) is 56.5 Å². The van der Waals surface area contributed by atoms with Crippen LogP contribution in [0.1, 0.15) is 44.4 Å². The topological polar surface area (TPSA) is 85.3 Å². The lowest BCUT2D eigenvalue weighted by molar-refractivity contribution is -0.140. The monoisotopic (exact) mass is 453 g/mol. The van der Waals surface area contributed by atoms with Crippen molar-refractivity contribution < 1.29 is 28.9 Å². The first-order valence-electron chi connectivity index (χ1n) is 11.3. The van der Waals surface area contributed by atoms with Crippen LogP contribution in [0.5, 0.6) is 11.5 Å². The molecule has 1 fully saturated rings. The van der Waals surface area contributed by atoms with Gasteiger partial charge in [-0.2, -0.15) is 0 Å². The molecule has 2 aromatic rings. The van der Waals surface area contributed by atoms with Gasteiger partial charge in [0.05, 0.1) is 24.8 Å². The number of aliphatic hydroxyl groups is 1. The first-order chi connectivity index (χ1) is 16.0. The largest absolute Gasteiger partial charge is 0.507 e. The Morgan fingerprint density at radius 1 is 0.879 bits per heavy atom. The van der Waals surface area contributed by atoms with Gasteiger partial charge in [0.1, 0.15) is 17.3 Å². The molecule has 0 aromatic heterocycles. The Morgan fingerprint density at radius 3 is 2.00 bits per heavy atom. The molecule has 7 nitrogen and oxygen atoms in total. The van der Waals surface area contributed by atoms with Gasteiger partial charge in [-0.05, 0) is 69.2 Å². The predicted molar refractivity (Wildman–Crippen MR) is 125 cm³/mol. The summed E-state index contributed by atoms with van der Waals surface area (Å²) >= 11 is 0. The van der Waals surface area contributed by atoms with E-state index >= 15 is 0 Å². The second-order valence-electron chi connectivity index (χ2n) is 7.50. The van der Waals surface area contributed by atoms with Gasteiger partial charge in [-0.3, -0.25) is 9.59 Å². The van der Waals surface area contributed by atoms with Gasteiger partial charge >= 0.3 is 0 Å². The number of amides is 1. The molecule has 1 heterocycles. The van der Waals surface area contributed by atoms with E-state index in [-0.39, 0.29) is 11.3 Å². The minimum atomic E-state index is -0.700. The number of hydrogen-bond acceptors (Lipinski definition) is 6. The molecule has 1 amide bonds. The minimum absolute atomic E-state index is 0.0738. The van der Waals surface area contributed by atoms with E-state index in [1.54, 1.807) is 36.4 Å². The maximum atomic E-state index is 13.1. The van der Waals surface area contributed by atoms with Crippen molar-refractivity contribution in [3.8, 4) is 11.5 Å². The number of Topliss-reactive ketones (excluding diaryl/α,β-unsaturated/α-hetero) is 1. The van der Waals surface area contributed by atoms with Crippen molar-refractivity contribution in [1.29, 1.82) is 0 Å². The fraction of sp³-hybridized carbons (Fsp3) is 0.385. The number of aliphatic hydroxyl groups excluding tert-OH is 1. The Balaban J connectivity index is 2.01. The highest BCUT2D eigenvalue weighted by Gasteiger charge is 2.45. The average Bonchev–Trinajstić information content (AvgIpc) is 3.08. The van der Waals surface area contributed by atoms with E-state index in [0.717, 1.165) is 5.56 Å². The lowest BCUT2D eigenvalue weighted by Crippen LogP contribution is -2.31. The normalized spacial score (nSPS) is 17.4. The van der Waals surface area contributed by atoms with Crippen molar-refractivity contribution >= 4 is 17.4 Å². The zero-order valence-electron chi connectivity index (χ0n) is 19.4. The molecule has 176 valence electrons. The molecule has 0 bridgehead atoms. The maximum absolute atomic E-state index is 13.1. The molecule has 1 N–H and O–H groups in total. The van der Waals surface area contributed by atoms with Crippen molar-refractivity contribution in [1.82, 2.24) is 4.90 Å². The second kappa shape index (κ2) is 11.5. The van der Waals surface area contributed by atoms with Crippen molar-refractivity contribution in [3.05, 3.63) is 65.2 Å². The number of rotatable bonds is 11. The van der Waals surface area contributed by atoms with E-state index in [9.17, 15) is 14.7 Å². The SMILES string of the molecule is CCOCCCN1C(=O)C(=O)/C(=C(/O)c2ccc(OCC)cc2)C1c1ccc(OCC)cc1. The van der Waals surface area contributed by atoms with Crippen LogP contribution in [-0.4, -0.2) is 54.7 Å². The zero-order valence-corrected chi connectivity index (χ0v) is 19.4. The number of carbonyl (C=O) groups excluding carboxylic acids is 2. The summed E-state index contributed by atoms with van der Waals surface area (Å²) in [6.45, 7) is 8.15. The number of hydrogen-bond donors (Lipinski definition) is 1. The molecule has 0 radical (unpaired) electrons. The lowest BCUT2D eigenvalue weighted by Gasteiger charge is -2.25. The van der Waals surface area contributed by atoms with Crippen LogP contribution in [0.15, 0.2) is 54.1 Å². The summed E-state index contributed by atoms with van der Waals surface area (Å²) < 4.78 is 16.4. The highest BCUT2D eigenvalue weighted by molar-refractivity contribution is 6.46. The molecule has 33 heavy (non-hydrogen) atoms. The van der Waals surface area contributed by atoms with Gasteiger partial charge < -0.3 is 24.2 Å². The summed E-state index contributed by atoms with van der Waals surface area (Å²) in [6, 6.07) is 13.4. The summed E-state index contributed by atoms with van der Waals surface area (Å²) in [5.74, 6) is -0.174. The number of ketones is 1. The Labute approximate surface area is 194 Å². The van der Waals surface area contributed by atoms with E-state index in [2.05, 4.69) is 0 Å². The van der Waals surface area contributed by atoms with Gasteiger partial charge in [0.25, 0.3) is 11.7 Å². The summed E-state index contributed by atoms with van der Waals surface area (Å²) in [5.41, 5.74) is 1.24. The summed E-state index contributed by atoms with van der Waals surface area (Å²) in [5, 5.41) is 11.1. The predicted octanol–water partition coefficient (Wildman–Crippen LogP) is 4.33. The Hall–Kier alpha value is -3.32. The first-order valence-corrected chi connectivity index (χ1v) is 11.3. The van der Waals surface area contributed by atoms with Crippen LogP contribution in [0.4, 0.5) is 0 Å². The molecule has 0 saturated carbocycles. The van der Waals surface area contributed by atoms with Crippen LogP contribution >= 0.6 is 0 Å². The van der Waals surface area contributed by atoms with Crippen LogP contribution in [-0.2, 0) is 14.3 Å². The standard InChI is InChI=1S/C26H31NO6/c1-4-31-17-7-16-27-23(18-8-12-20(13-9-18)32-5-2)22(25(29)26(27)30)24(28)19-10-14-21(15-11-19)33-6-3/h8-15,23,28H,4-7,16-17H2,1-3H3/b24-22+. The van der Waals surface area contributed by atoms with E-state index in [1.165, 1.54) is 4.90 Å². The van der Waals surface area contributed by atoms with Gasteiger partial charge in [-0.25, -0.2) is 0 Å². The smallest absolute Gasteiger partial charge is 0.295 e. The number of benzene rings is 2. The molecule has 2 aromatic carbocycles. The fourth-order valence-corrected chi connectivity index (χ4v) is 3.88. The quantitative estimate of drug-likeness (QED) is 0.236. The summed E-state index contributed by atoms with van der Waals surface area (Å²) in [6.07, 6.45) is 0.581. The Morgan fingerprint density at radius 2 is 1.45 bits per heavy atom. The van der Waals surface area contributed by atoms with Gasteiger partial charge in [-0.15, -0.1) is 0 Å². The van der Waals surface area contributed by atoms with E-state index in [1.807, 2.05) is 32.9 Å². The van der Waals surface area contributed by atoms with Gasteiger partial charge in [0.2, 0.25) is 0 Å².